The minimum atomic E-state index is -0.173. The maximum absolute atomic E-state index is 11.0. The fourth-order valence-corrected chi connectivity index (χ4v) is 2.96. The number of rotatable bonds is 7. The summed E-state index contributed by atoms with van der Waals surface area (Å²) in [4.78, 5) is 13.4. The SMILES string of the molecule is COC(=O)CCCOCC1CCCN(c2cccc(Cl)c2)C1. The molecule has 0 saturated carbocycles. The van der Waals surface area contributed by atoms with E-state index in [1.165, 1.54) is 25.6 Å². The number of benzene rings is 1. The van der Waals surface area contributed by atoms with Gasteiger partial charge in [-0.25, -0.2) is 0 Å². The summed E-state index contributed by atoms with van der Waals surface area (Å²) in [6, 6.07) is 8.01. The zero-order chi connectivity index (χ0) is 15.8. The molecule has 0 N–H and O–H groups in total. The second-order valence-corrected chi connectivity index (χ2v) is 6.13. The number of nitrogens with zero attached hydrogens (tertiary/aromatic N) is 1. The predicted octanol–water partition coefficient (Wildman–Crippen LogP) is 3.53. The number of anilines is 1. The van der Waals surface area contributed by atoms with Gasteiger partial charge < -0.3 is 14.4 Å². The Hall–Kier alpha value is -1.26. The van der Waals surface area contributed by atoms with Gasteiger partial charge in [0.25, 0.3) is 0 Å². The highest BCUT2D eigenvalue weighted by molar-refractivity contribution is 6.30. The van der Waals surface area contributed by atoms with Gasteiger partial charge in [-0.2, -0.15) is 0 Å². The molecule has 1 atom stereocenters. The van der Waals surface area contributed by atoms with E-state index < -0.39 is 0 Å². The van der Waals surface area contributed by atoms with E-state index in [0.717, 1.165) is 31.1 Å². The summed E-state index contributed by atoms with van der Waals surface area (Å²) in [6.45, 7) is 3.43. The maximum atomic E-state index is 11.0. The zero-order valence-corrected chi connectivity index (χ0v) is 13.8. The number of hydrogen-bond donors (Lipinski definition) is 0. The van der Waals surface area contributed by atoms with Gasteiger partial charge in [-0.15, -0.1) is 0 Å². The van der Waals surface area contributed by atoms with Crippen LogP contribution in [-0.2, 0) is 14.3 Å². The third-order valence-corrected chi connectivity index (χ3v) is 4.18. The Labute approximate surface area is 137 Å². The summed E-state index contributed by atoms with van der Waals surface area (Å²) in [5, 5.41) is 0.777. The van der Waals surface area contributed by atoms with Crippen molar-refractivity contribution in [3.63, 3.8) is 0 Å². The van der Waals surface area contributed by atoms with Crippen LogP contribution in [0.3, 0.4) is 0 Å². The molecule has 5 heteroatoms. The average Bonchev–Trinajstić information content (AvgIpc) is 2.54. The number of ether oxygens (including phenoxy) is 2. The van der Waals surface area contributed by atoms with Crippen molar-refractivity contribution in [1.29, 1.82) is 0 Å². The van der Waals surface area contributed by atoms with Crippen LogP contribution in [0.2, 0.25) is 5.02 Å². The minimum absolute atomic E-state index is 0.173. The summed E-state index contributed by atoms with van der Waals surface area (Å²) in [5.74, 6) is 0.360. The maximum Gasteiger partial charge on any atom is 0.305 e. The van der Waals surface area contributed by atoms with Crippen LogP contribution < -0.4 is 4.90 Å². The Kier molecular flexibility index (Phi) is 7.00. The fraction of sp³-hybridized carbons (Fsp3) is 0.588. The second kappa shape index (κ2) is 9.01. The Morgan fingerprint density at radius 2 is 2.32 bits per heavy atom. The minimum Gasteiger partial charge on any atom is -0.469 e. The van der Waals surface area contributed by atoms with E-state index in [-0.39, 0.29) is 5.97 Å². The van der Waals surface area contributed by atoms with Gasteiger partial charge >= 0.3 is 5.97 Å². The molecule has 0 radical (unpaired) electrons. The molecule has 1 aliphatic rings. The highest BCUT2D eigenvalue weighted by atomic mass is 35.5. The van der Waals surface area contributed by atoms with Crippen LogP contribution in [0.5, 0.6) is 0 Å². The Balaban J connectivity index is 1.71. The molecular weight excluding hydrogens is 302 g/mol. The second-order valence-electron chi connectivity index (χ2n) is 5.69. The first-order chi connectivity index (χ1) is 10.7. The van der Waals surface area contributed by atoms with Gasteiger partial charge in [-0.1, -0.05) is 17.7 Å². The number of carbonyl (C=O) groups excluding carboxylic acids is 1. The van der Waals surface area contributed by atoms with E-state index in [9.17, 15) is 4.79 Å². The molecule has 0 amide bonds. The van der Waals surface area contributed by atoms with Gasteiger partial charge in [0.1, 0.15) is 0 Å². The van der Waals surface area contributed by atoms with Crippen LogP contribution in [0.1, 0.15) is 25.7 Å². The lowest BCUT2D eigenvalue weighted by atomic mass is 9.98. The molecule has 0 aliphatic carbocycles. The number of halogens is 1. The molecule has 1 fully saturated rings. The standard InChI is InChI=1S/C17H24ClNO3/c1-21-17(20)8-4-10-22-13-14-5-3-9-19(12-14)16-7-2-6-15(18)11-16/h2,6-7,11,14H,3-5,8-10,12-13H2,1H3. The van der Waals surface area contributed by atoms with Crippen molar-refractivity contribution in [3.8, 4) is 0 Å². The molecule has 0 spiro atoms. The molecule has 1 saturated heterocycles. The fourth-order valence-electron chi connectivity index (χ4n) is 2.78. The van der Waals surface area contributed by atoms with Crippen LogP contribution in [0.4, 0.5) is 5.69 Å². The Bertz CT molecular complexity index is 481. The van der Waals surface area contributed by atoms with E-state index in [1.807, 2.05) is 18.2 Å². The third kappa shape index (κ3) is 5.50. The molecule has 1 aromatic rings. The molecule has 1 aliphatic heterocycles. The molecule has 2 rings (SSSR count). The van der Waals surface area contributed by atoms with Crippen molar-refractivity contribution in [1.82, 2.24) is 0 Å². The highest BCUT2D eigenvalue weighted by Crippen LogP contribution is 2.25. The van der Waals surface area contributed by atoms with E-state index in [0.29, 0.717) is 18.9 Å². The van der Waals surface area contributed by atoms with Gasteiger partial charge in [0.2, 0.25) is 0 Å². The van der Waals surface area contributed by atoms with E-state index >= 15 is 0 Å². The van der Waals surface area contributed by atoms with E-state index in [4.69, 9.17) is 16.3 Å². The summed E-state index contributed by atoms with van der Waals surface area (Å²) in [7, 11) is 1.41. The molecule has 0 aromatic heterocycles. The van der Waals surface area contributed by atoms with E-state index in [2.05, 4.69) is 15.7 Å². The molecular formula is C17H24ClNO3. The number of methoxy groups -OCH3 is 1. The first kappa shape index (κ1) is 17.1. The van der Waals surface area contributed by atoms with Gasteiger partial charge in [0, 0.05) is 36.8 Å². The molecule has 122 valence electrons. The number of hydrogen-bond acceptors (Lipinski definition) is 4. The van der Waals surface area contributed by atoms with Gasteiger partial charge in [-0.3, -0.25) is 4.79 Å². The van der Waals surface area contributed by atoms with Crippen molar-refractivity contribution < 1.29 is 14.3 Å². The summed E-state index contributed by atoms with van der Waals surface area (Å²) in [6.07, 6.45) is 3.50. The van der Waals surface area contributed by atoms with Crippen molar-refractivity contribution in [3.05, 3.63) is 29.3 Å². The van der Waals surface area contributed by atoms with Crippen LogP contribution in [-0.4, -0.2) is 39.4 Å². The normalized spacial score (nSPS) is 18.3. The zero-order valence-electron chi connectivity index (χ0n) is 13.1. The lowest BCUT2D eigenvalue weighted by Crippen LogP contribution is -2.37. The van der Waals surface area contributed by atoms with Crippen LogP contribution in [0, 0.1) is 5.92 Å². The van der Waals surface area contributed by atoms with Gasteiger partial charge in [-0.05, 0) is 43.4 Å². The molecule has 0 bridgehead atoms. The van der Waals surface area contributed by atoms with Crippen molar-refractivity contribution in [2.75, 3.05) is 38.3 Å². The monoisotopic (exact) mass is 325 g/mol. The molecule has 1 aromatic carbocycles. The van der Waals surface area contributed by atoms with Crippen molar-refractivity contribution >= 4 is 23.3 Å². The summed E-state index contributed by atoms with van der Waals surface area (Å²) in [5.41, 5.74) is 1.18. The quantitative estimate of drug-likeness (QED) is 0.568. The number of piperidine rings is 1. The largest absolute Gasteiger partial charge is 0.469 e. The predicted molar refractivity (Wildman–Crippen MR) is 88.5 cm³/mol. The first-order valence-electron chi connectivity index (χ1n) is 7.84. The van der Waals surface area contributed by atoms with Crippen molar-refractivity contribution in [2.24, 2.45) is 5.92 Å². The first-order valence-corrected chi connectivity index (χ1v) is 8.22. The van der Waals surface area contributed by atoms with Crippen molar-refractivity contribution in [2.45, 2.75) is 25.7 Å². The van der Waals surface area contributed by atoms with Gasteiger partial charge in [0.05, 0.1) is 13.7 Å². The Morgan fingerprint density at radius 1 is 1.45 bits per heavy atom. The van der Waals surface area contributed by atoms with Crippen LogP contribution in [0.25, 0.3) is 0 Å². The molecule has 4 nitrogen and oxygen atoms in total. The summed E-state index contributed by atoms with van der Waals surface area (Å²) < 4.78 is 10.3. The lowest BCUT2D eigenvalue weighted by molar-refractivity contribution is -0.141. The molecule has 1 heterocycles. The van der Waals surface area contributed by atoms with Gasteiger partial charge in [0.15, 0.2) is 0 Å². The average molecular weight is 326 g/mol. The van der Waals surface area contributed by atoms with Crippen LogP contribution in [0.15, 0.2) is 24.3 Å². The number of carbonyl (C=O) groups is 1. The third-order valence-electron chi connectivity index (χ3n) is 3.94. The highest BCUT2D eigenvalue weighted by Gasteiger charge is 2.20. The smallest absolute Gasteiger partial charge is 0.305 e. The van der Waals surface area contributed by atoms with E-state index in [1.54, 1.807) is 0 Å². The number of esters is 1. The van der Waals surface area contributed by atoms with Crippen LogP contribution >= 0.6 is 11.6 Å². The summed E-state index contributed by atoms with van der Waals surface area (Å²) >= 11 is 6.07. The Morgan fingerprint density at radius 3 is 3.09 bits per heavy atom. The topological polar surface area (TPSA) is 38.8 Å². The lowest BCUT2D eigenvalue weighted by Gasteiger charge is -2.34. The molecule has 22 heavy (non-hydrogen) atoms. The molecule has 1 unspecified atom stereocenters.